The van der Waals surface area contributed by atoms with Gasteiger partial charge >= 0.3 is 0 Å². The summed E-state index contributed by atoms with van der Waals surface area (Å²) in [5, 5.41) is 0. The first-order valence-electron chi connectivity index (χ1n) is 6.52. The molecule has 0 radical (unpaired) electrons. The Labute approximate surface area is 113 Å². The molecule has 2 rings (SSSR count). The van der Waals surface area contributed by atoms with Crippen LogP contribution in [0, 0.1) is 5.92 Å². The second-order valence-corrected chi connectivity index (χ2v) is 6.09. The van der Waals surface area contributed by atoms with Crippen LogP contribution < -0.4 is 0 Å². The molecule has 0 N–H and O–H groups in total. The summed E-state index contributed by atoms with van der Waals surface area (Å²) in [5.41, 5.74) is 2.99. The van der Waals surface area contributed by atoms with Crippen LogP contribution >= 0.6 is 15.9 Å². The summed E-state index contributed by atoms with van der Waals surface area (Å²) < 4.78 is 5.66. The smallest absolute Gasteiger partial charge is 0.0518 e. The fraction of sp³-hybridized carbons (Fsp3) is 0.600. The van der Waals surface area contributed by atoms with Crippen molar-refractivity contribution in [3.8, 4) is 0 Å². The monoisotopic (exact) mass is 296 g/mol. The van der Waals surface area contributed by atoms with Crippen LogP contribution in [0.5, 0.6) is 0 Å². The highest BCUT2D eigenvalue weighted by Crippen LogP contribution is 2.41. The maximum atomic E-state index is 5.66. The molecule has 1 nitrogen and oxygen atoms in total. The standard InChI is InChI=1S/C15H21BrO/c1-11(2)17-10-9-13-8-7-12-5-3-4-6-14(12)15(13)16/h3-6,11,13,15H,7-10H2,1-2H3. The molecule has 17 heavy (non-hydrogen) atoms. The minimum absolute atomic E-state index is 0.347. The Hall–Kier alpha value is -0.340. The number of hydrogen-bond acceptors (Lipinski definition) is 1. The van der Waals surface area contributed by atoms with Gasteiger partial charge in [-0.2, -0.15) is 0 Å². The largest absolute Gasteiger partial charge is 0.379 e. The molecule has 0 heterocycles. The lowest BCUT2D eigenvalue weighted by molar-refractivity contribution is 0.0670. The molecular weight excluding hydrogens is 276 g/mol. The zero-order valence-corrected chi connectivity index (χ0v) is 12.2. The van der Waals surface area contributed by atoms with Crippen LogP contribution in [0.4, 0.5) is 0 Å². The first-order valence-corrected chi connectivity index (χ1v) is 7.43. The van der Waals surface area contributed by atoms with Gasteiger partial charge in [0.1, 0.15) is 0 Å². The number of rotatable bonds is 4. The first kappa shape index (κ1) is 13.1. The van der Waals surface area contributed by atoms with Crippen molar-refractivity contribution >= 4 is 15.9 Å². The molecular formula is C15H21BrO. The van der Waals surface area contributed by atoms with E-state index in [9.17, 15) is 0 Å². The van der Waals surface area contributed by atoms with E-state index in [1.165, 1.54) is 24.0 Å². The van der Waals surface area contributed by atoms with E-state index in [0.717, 1.165) is 13.0 Å². The maximum Gasteiger partial charge on any atom is 0.0518 e. The molecule has 0 saturated heterocycles. The topological polar surface area (TPSA) is 9.23 Å². The first-order chi connectivity index (χ1) is 8.18. The van der Waals surface area contributed by atoms with Gasteiger partial charge < -0.3 is 4.74 Å². The van der Waals surface area contributed by atoms with E-state index in [0.29, 0.717) is 16.8 Å². The van der Waals surface area contributed by atoms with E-state index in [1.807, 2.05) is 0 Å². The van der Waals surface area contributed by atoms with E-state index in [1.54, 1.807) is 0 Å². The lowest BCUT2D eigenvalue weighted by Crippen LogP contribution is -2.19. The SMILES string of the molecule is CC(C)OCCC1CCc2ccccc2C1Br. The maximum absolute atomic E-state index is 5.66. The Bertz CT molecular complexity index is 362. The Morgan fingerprint density at radius 2 is 2.12 bits per heavy atom. The van der Waals surface area contributed by atoms with Crippen molar-refractivity contribution in [2.75, 3.05) is 6.61 Å². The van der Waals surface area contributed by atoms with Gasteiger partial charge in [0.05, 0.1) is 6.10 Å². The number of hydrogen-bond donors (Lipinski definition) is 0. The van der Waals surface area contributed by atoms with Crippen LogP contribution in [-0.2, 0) is 11.2 Å². The molecule has 2 heteroatoms. The van der Waals surface area contributed by atoms with Crippen LogP contribution in [0.3, 0.4) is 0 Å². The van der Waals surface area contributed by atoms with E-state index in [2.05, 4.69) is 54.0 Å². The molecule has 94 valence electrons. The van der Waals surface area contributed by atoms with E-state index >= 15 is 0 Å². The lowest BCUT2D eigenvalue weighted by atomic mass is 9.82. The summed E-state index contributed by atoms with van der Waals surface area (Å²) in [5.74, 6) is 0.712. The number of fused-ring (bicyclic) bond motifs is 1. The van der Waals surface area contributed by atoms with Crippen molar-refractivity contribution < 1.29 is 4.74 Å². The predicted molar refractivity (Wildman–Crippen MR) is 75.6 cm³/mol. The highest BCUT2D eigenvalue weighted by Gasteiger charge is 2.26. The average Bonchev–Trinajstić information content (AvgIpc) is 2.32. The summed E-state index contributed by atoms with van der Waals surface area (Å²) in [4.78, 5) is 0.503. The van der Waals surface area contributed by atoms with Crippen LogP contribution in [0.25, 0.3) is 0 Å². The fourth-order valence-corrected chi connectivity index (χ4v) is 3.49. The number of alkyl halides is 1. The van der Waals surface area contributed by atoms with Gasteiger partial charge in [0.15, 0.2) is 0 Å². The van der Waals surface area contributed by atoms with Crippen molar-refractivity contribution in [1.29, 1.82) is 0 Å². The van der Waals surface area contributed by atoms with Gasteiger partial charge in [0.2, 0.25) is 0 Å². The van der Waals surface area contributed by atoms with Gasteiger partial charge in [0.25, 0.3) is 0 Å². The summed E-state index contributed by atoms with van der Waals surface area (Å²) >= 11 is 3.87. The third kappa shape index (κ3) is 3.32. The molecule has 0 aliphatic heterocycles. The van der Waals surface area contributed by atoms with Crippen molar-refractivity contribution in [3.63, 3.8) is 0 Å². The summed E-state index contributed by atoms with van der Waals surface area (Å²) in [6, 6.07) is 8.79. The molecule has 2 atom stereocenters. The zero-order valence-electron chi connectivity index (χ0n) is 10.7. The molecule has 0 aromatic heterocycles. The molecule has 1 aliphatic carbocycles. The van der Waals surface area contributed by atoms with Crippen molar-refractivity contribution in [2.24, 2.45) is 5.92 Å². The Morgan fingerprint density at radius 1 is 1.35 bits per heavy atom. The molecule has 1 aliphatic rings. The quantitative estimate of drug-likeness (QED) is 0.743. The van der Waals surface area contributed by atoms with Crippen LogP contribution in [-0.4, -0.2) is 12.7 Å². The molecule has 0 amide bonds. The lowest BCUT2D eigenvalue weighted by Gasteiger charge is -2.30. The third-order valence-corrected chi connectivity index (χ3v) is 4.73. The second-order valence-electron chi connectivity index (χ2n) is 5.11. The molecule has 0 bridgehead atoms. The summed E-state index contributed by atoms with van der Waals surface area (Å²) in [6.45, 7) is 5.08. The molecule has 0 spiro atoms. The number of halogens is 1. The normalized spacial score (nSPS) is 23.8. The Kier molecular flexibility index (Phi) is 4.63. The minimum atomic E-state index is 0.347. The van der Waals surface area contributed by atoms with Crippen LogP contribution in [0.1, 0.15) is 42.6 Å². The van der Waals surface area contributed by atoms with E-state index in [-0.39, 0.29) is 0 Å². The third-order valence-electron chi connectivity index (χ3n) is 3.49. The Balaban J connectivity index is 1.95. The number of aryl methyl sites for hydroxylation is 1. The molecule has 1 aromatic rings. The molecule has 2 unspecified atom stereocenters. The van der Waals surface area contributed by atoms with Crippen LogP contribution in [0.2, 0.25) is 0 Å². The molecule has 1 aromatic carbocycles. The van der Waals surface area contributed by atoms with Crippen molar-refractivity contribution in [1.82, 2.24) is 0 Å². The highest BCUT2D eigenvalue weighted by molar-refractivity contribution is 9.09. The van der Waals surface area contributed by atoms with Crippen molar-refractivity contribution in [3.05, 3.63) is 35.4 Å². The predicted octanol–water partition coefficient (Wildman–Crippen LogP) is 4.50. The van der Waals surface area contributed by atoms with Gasteiger partial charge in [0, 0.05) is 11.4 Å². The molecule has 0 saturated carbocycles. The molecule has 0 fully saturated rings. The zero-order chi connectivity index (χ0) is 12.3. The van der Waals surface area contributed by atoms with Gasteiger partial charge in [-0.3, -0.25) is 0 Å². The van der Waals surface area contributed by atoms with E-state index < -0.39 is 0 Å². The number of ether oxygens (including phenoxy) is 1. The van der Waals surface area contributed by atoms with Gasteiger partial charge in [-0.1, -0.05) is 40.2 Å². The van der Waals surface area contributed by atoms with Crippen LogP contribution in [0.15, 0.2) is 24.3 Å². The van der Waals surface area contributed by atoms with Gasteiger partial charge in [-0.15, -0.1) is 0 Å². The van der Waals surface area contributed by atoms with Gasteiger partial charge in [-0.25, -0.2) is 0 Å². The summed E-state index contributed by atoms with van der Waals surface area (Å²) in [7, 11) is 0. The second kappa shape index (κ2) is 6.01. The Morgan fingerprint density at radius 3 is 2.88 bits per heavy atom. The van der Waals surface area contributed by atoms with E-state index in [4.69, 9.17) is 4.74 Å². The minimum Gasteiger partial charge on any atom is -0.379 e. The van der Waals surface area contributed by atoms with Crippen molar-refractivity contribution in [2.45, 2.75) is 44.0 Å². The van der Waals surface area contributed by atoms with Gasteiger partial charge in [-0.05, 0) is 50.2 Å². The highest BCUT2D eigenvalue weighted by atomic mass is 79.9. The summed E-state index contributed by atoms with van der Waals surface area (Å²) in [6.07, 6.45) is 3.99. The number of benzene rings is 1. The fourth-order valence-electron chi connectivity index (χ4n) is 2.52. The average molecular weight is 297 g/mol.